The summed E-state index contributed by atoms with van der Waals surface area (Å²) in [6, 6.07) is 2.71. The summed E-state index contributed by atoms with van der Waals surface area (Å²) in [6.07, 6.45) is 6.71. The summed E-state index contributed by atoms with van der Waals surface area (Å²) >= 11 is 0. The monoisotopic (exact) mass is 218 g/mol. The van der Waals surface area contributed by atoms with E-state index in [1.165, 1.54) is 37.2 Å². The van der Waals surface area contributed by atoms with Crippen LogP contribution in [0.3, 0.4) is 0 Å². The zero-order valence-corrected chi connectivity index (χ0v) is 9.78. The molecule has 86 valence electrons. The Labute approximate surface area is 96.4 Å². The molecule has 1 atom stereocenters. The summed E-state index contributed by atoms with van der Waals surface area (Å²) in [5.74, 6) is 1.02. The fourth-order valence-electron chi connectivity index (χ4n) is 2.80. The van der Waals surface area contributed by atoms with Crippen molar-refractivity contribution in [2.75, 3.05) is 20.2 Å². The van der Waals surface area contributed by atoms with Crippen LogP contribution < -0.4 is 4.74 Å². The van der Waals surface area contributed by atoms with Gasteiger partial charge in [-0.05, 0) is 44.8 Å². The van der Waals surface area contributed by atoms with E-state index < -0.39 is 0 Å². The van der Waals surface area contributed by atoms with Crippen molar-refractivity contribution in [3.05, 3.63) is 23.5 Å². The molecule has 0 spiro atoms. The number of rotatable bonds is 2. The molecule has 2 heterocycles. The van der Waals surface area contributed by atoms with E-state index in [9.17, 15) is 0 Å². The minimum absolute atomic E-state index is 0.722. The zero-order chi connectivity index (χ0) is 11.0. The van der Waals surface area contributed by atoms with Crippen LogP contribution in [0.2, 0.25) is 0 Å². The second kappa shape index (κ2) is 4.06. The quantitative estimate of drug-likeness (QED) is 0.754. The molecule has 1 unspecified atom stereocenters. The third-order valence-electron chi connectivity index (χ3n) is 3.88. The number of methoxy groups -OCH3 is 1. The van der Waals surface area contributed by atoms with Gasteiger partial charge in [0.2, 0.25) is 0 Å². The van der Waals surface area contributed by atoms with Gasteiger partial charge in [-0.25, -0.2) is 0 Å². The molecule has 2 aliphatic rings. The molecule has 1 saturated heterocycles. The van der Waals surface area contributed by atoms with Gasteiger partial charge in [0.1, 0.15) is 5.75 Å². The number of pyridine rings is 1. The molecule has 1 aromatic rings. The van der Waals surface area contributed by atoms with Crippen molar-refractivity contribution in [1.82, 2.24) is 9.88 Å². The largest absolute Gasteiger partial charge is 0.496 e. The first-order chi connectivity index (χ1) is 7.88. The van der Waals surface area contributed by atoms with Crippen LogP contribution in [0.1, 0.15) is 24.1 Å². The molecular weight excluding hydrogens is 200 g/mol. The maximum absolute atomic E-state index is 5.43. The number of fused-ring (bicyclic) bond motifs is 1. The average Bonchev–Trinajstić information content (AvgIpc) is 2.26. The molecular formula is C13H18N2O. The van der Waals surface area contributed by atoms with E-state index >= 15 is 0 Å². The van der Waals surface area contributed by atoms with E-state index in [4.69, 9.17) is 4.74 Å². The lowest BCUT2D eigenvalue weighted by Crippen LogP contribution is -2.47. The molecule has 0 N–H and O–H groups in total. The van der Waals surface area contributed by atoms with Gasteiger partial charge in [0.05, 0.1) is 7.11 Å². The van der Waals surface area contributed by atoms with Crippen molar-refractivity contribution < 1.29 is 4.74 Å². The minimum Gasteiger partial charge on any atom is -0.496 e. The zero-order valence-electron chi connectivity index (χ0n) is 9.78. The molecule has 1 aromatic heterocycles. The van der Waals surface area contributed by atoms with E-state index in [-0.39, 0.29) is 0 Å². The summed E-state index contributed by atoms with van der Waals surface area (Å²) in [4.78, 5) is 7.06. The molecule has 0 aromatic carbocycles. The first-order valence-corrected chi connectivity index (χ1v) is 6.13. The Kier molecular flexibility index (Phi) is 2.56. The van der Waals surface area contributed by atoms with Crippen LogP contribution in [0.25, 0.3) is 0 Å². The number of aryl methyl sites for hydroxylation is 1. The van der Waals surface area contributed by atoms with Crippen LogP contribution in [0.5, 0.6) is 5.75 Å². The van der Waals surface area contributed by atoms with Gasteiger partial charge in [-0.1, -0.05) is 0 Å². The predicted molar refractivity (Wildman–Crippen MR) is 62.8 cm³/mol. The van der Waals surface area contributed by atoms with Crippen molar-refractivity contribution in [2.45, 2.75) is 31.7 Å². The Balaban J connectivity index is 1.85. The molecule has 0 saturated carbocycles. The fraction of sp³-hybridized carbons (Fsp3) is 0.615. The number of aromatic nitrogens is 1. The molecule has 16 heavy (non-hydrogen) atoms. The Morgan fingerprint density at radius 1 is 1.44 bits per heavy atom. The second-order valence-corrected chi connectivity index (χ2v) is 4.72. The summed E-state index contributed by atoms with van der Waals surface area (Å²) in [5, 5.41) is 0. The van der Waals surface area contributed by atoms with Gasteiger partial charge in [0.15, 0.2) is 0 Å². The van der Waals surface area contributed by atoms with Crippen LogP contribution in [0.15, 0.2) is 12.3 Å². The van der Waals surface area contributed by atoms with Gasteiger partial charge in [0.25, 0.3) is 0 Å². The SMILES string of the molecule is COc1ccnc2c1CC(N1CCC1)CC2. The summed E-state index contributed by atoms with van der Waals surface area (Å²) in [6.45, 7) is 2.56. The summed E-state index contributed by atoms with van der Waals surface area (Å²) in [5.41, 5.74) is 2.59. The van der Waals surface area contributed by atoms with Gasteiger partial charge in [0, 0.05) is 23.5 Å². The molecule has 0 bridgehead atoms. The molecule has 3 heteroatoms. The number of ether oxygens (including phenoxy) is 1. The van der Waals surface area contributed by atoms with Crippen LogP contribution in [-0.2, 0) is 12.8 Å². The maximum atomic E-state index is 5.43. The summed E-state index contributed by atoms with van der Waals surface area (Å²) in [7, 11) is 1.75. The van der Waals surface area contributed by atoms with E-state index in [0.29, 0.717) is 0 Å². The normalized spacial score (nSPS) is 24.7. The van der Waals surface area contributed by atoms with Gasteiger partial charge < -0.3 is 4.74 Å². The Morgan fingerprint density at radius 2 is 2.31 bits per heavy atom. The lowest BCUT2D eigenvalue weighted by atomic mass is 9.89. The van der Waals surface area contributed by atoms with E-state index in [2.05, 4.69) is 9.88 Å². The van der Waals surface area contributed by atoms with Crippen molar-refractivity contribution in [3.63, 3.8) is 0 Å². The van der Waals surface area contributed by atoms with Crippen LogP contribution in [-0.4, -0.2) is 36.1 Å². The van der Waals surface area contributed by atoms with Gasteiger partial charge in [-0.2, -0.15) is 0 Å². The van der Waals surface area contributed by atoms with Crippen LogP contribution in [0.4, 0.5) is 0 Å². The average molecular weight is 218 g/mol. The third kappa shape index (κ3) is 1.59. The molecule has 1 fully saturated rings. The highest BCUT2D eigenvalue weighted by atomic mass is 16.5. The lowest BCUT2D eigenvalue weighted by Gasteiger charge is -2.40. The Hall–Kier alpha value is -1.09. The highest BCUT2D eigenvalue weighted by Crippen LogP contribution is 2.31. The highest BCUT2D eigenvalue weighted by molar-refractivity contribution is 5.38. The molecule has 3 nitrogen and oxygen atoms in total. The van der Waals surface area contributed by atoms with E-state index in [1.807, 2.05) is 12.3 Å². The second-order valence-electron chi connectivity index (χ2n) is 4.72. The molecule has 3 rings (SSSR count). The van der Waals surface area contributed by atoms with E-state index in [0.717, 1.165) is 24.6 Å². The highest BCUT2D eigenvalue weighted by Gasteiger charge is 2.29. The molecule has 0 radical (unpaired) electrons. The molecule has 1 aliphatic carbocycles. The first-order valence-electron chi connectivity index (χ1n) is 6.13. The number of hydrogen-bond acceptors (Lipinski definition) is 3. The van der Waals surface area contributed by atoms with Gasteiger partial charge >= 0.3 is 0 Å². The fourth-order valence-corrected chi connectivity index (χ4v) is 2.80. The number of likely N-dealkylation sites (tertiary alicyclic amines) is 1. The first kappa shape index (κ1) is 10.1. The Morgan fingerprint density at radius 3 is 3.00 bits per heavy atom. The third-order valence-corrected chi connectivity index (χ3v) is 3.88. The van der Waals surface area contributed by atoms with Crippen LogP contribution in [0, 0.1) is 0 Å². The minimum atomic E-state index is 0.722. The Bertz CT molecular complexity index is 373. The maximum Gasteiger partial charge on any atom is 0.125 e. The molecule has 0 amide bonds. The smallest absolute Gasteiger partial charge is 0.125 e. The number of nitrogens with zero attached hydrogens (tertiary/aromatic N) is 2. The topological polar surface area (TPSA) is 25.4 Å². The van der Waals surface area contributed by atoms with Crippen molar-refractivity contribution in [3.8, 4) is 5.75 Å². The predicted octanol–water partition coefficient (Wildman–Crippen LogP) is 1.65. The van der Waals surface area contributed by atoms with Gasteiger partial charge in [-0.15, -0.1) is 0 Å². The van der Waals surface area contributed by atoms with Crippen molar-refractivity contribution in [1.29, 1.82) is 0 Å². The standard InChI is InChI=1S/C13H18N2O/c1-16-13-5-6-14-12-4-3-10(9-11(12)13)15-7-2-8-15/h5-6,10H,2-4,7-9H2,1H3. The summed E-state index contributed by atoms with van der Waals surface area (Å²) < 4.78 is 5.43. The molecule has 1 aliphatic heterocycles. The lowest BCUT2D eigenvalue weighted by molar-refractivity contribution is 0.106. The van der Waals surface area contributed by atoms with Crippen molar-refractivity contribution >= 4 is 0 Å². The van der Waals surface area contributed by atoms with Gasteiger partial charge in [-0.3, -0.25) is 9.88 Å². The number of hydrogen-bond donors (Lipinski definition) is 0. The van der Waals surface area contributed by atoms with Crippen LogP contribution >= 0.6 is 0 Å². The van der Waals surface area contributed by atoms with E-state index in [1.54, 1.807) is 7.11 Å². The van der Waals surface area contributed by atoms with Crippen molar-refractivity contribution in [2.24, 2.45) is 0 Å².